The van der Waals surface area contributed by atoms with Crippen LogP contribution in [0.2, 0.25) is 0 Å². The quantitative estimate of drug-likeness (QED) is 0.150. The highest BCUT2D eigenvalue weighted by Crippen LogP contribution is 2.26. The van der Waals surface area contributed by atoms with Gasteiger partial charge in [-0.25, -0.2) is 0 Å². The third kappa shape index (κ3) is 9.02. The molecular weight excluding hydrogens is 404 g/mol. The SMILES string of the molecule is [N-]=[N+]=Nc1ccccc1.[N-]=[N+]=Nc1ccccc1O.[N-]=[N+]=Nc1ccccc1[N+](=O)[O-]. The van der Waals surface area contributed by atoms with Crippen LogP contribution in [0.1, 0.15) is 0 Å². The summed E-state index contributed by atoms with van der Waals surface area (Å²) in [6.07, 6.45) is 0. The highest BCUT2D eigenvalue weighted by Gasteiger charge is 2.09. The molecule has 0 aromatic heterocycles. The number of nitro benzene ring substituents is 1. The molecule has 0 bridgehead atoms. The number of rotatable bonds is 4. The fraction of sp³-hybridized carbons (Fsp3) is 0. The number of hydrogen-bond acceptors (Lipinski definition) is 6. The van der Waals surface area contributed by atoms with Crippen LogP contribution in [0.15, 0.2) is 94.2 Å². The van der Waals surface area contributed by atoms with Crippen LogP contribution in [0.5, 0.6) is 5.75 Å². The molecule has 0 radical (unpaired) electrons. The Hall–Kier alpha value is -5.21. The van der Waals surface area contributed by atoms with Gasteiger partial charge in [0.2, 0.25) is 0 Å². The van der Waals surface area contributed by atoms with Gasteiger partial charge in [0.05, 0.1) is 10.6 Å². The van der Waals surface area contributed by atoms with Gasteiger partial charge in [-0.2, -0.15) is 0 Å². The first kappa shape index (κ1) is 23.8. The molecule has 3 aromatic carbocycles. The van der Waals surface area contributed by atoms with Crippen molar-refractivity contribution in [3.8, 4) is 5.75 Å². The zero-order chi connectivity index (χ0) is 22.9. The maximum absolute atomic E-state index is 10.3. The van der Waals surface area contributed by atoms with Gasteiger partial charge in [-0.15, -0.1) is 0 Å². The molecule has 0 fully saturated rings. The van der Waals surface area contributed by atoms with E-state index in [1.807, 2.05) is 18.2 Å². The van der Waals surface area contributed by atoms with Crippen LogP contribution >= 0.6 is 0 Å². The number of hydrogen-bond donors (Lipinski definition) is 1. The Kier molecular flexibility index (Phi) is 10.7. The van der Waals surface area contributed by atoms with Crippen molar-refractivity contribution >= 4 is 22.7 Å². The number of para-hydroxylation sites is 2. The molecule has 0 amide bonds. The Balaban J connectivity index is 0.000000235. The van der Waals surface area contributed by atoms with E-state index in [-0.39, 0.29) is 22.8 Å². The Morgan fingerprint density at radius 3 is 1.74 bits per heavy atom. The summed E-state index contributed by atoms with van der Waals surface area (Å²) in [4.78, 5) is 17.4. The van der Waals surface area contributed by atoms with Gasteiger partial charge in [-0.1, -0.05) is 69.9 Å². The molecule has 13 heteroatoms. The second-order valence-electron chi connectivity index (χ2n) is 5.14. The van der Waals surface area contributed by atoms with Crippen LogP contribution in [-0.4, -0.2) is 10.0 Å². The highest BCUT2D eigenvalue weighted by molar-refractivity contribution is 5.56. The summed E-state index contributed by atoms with van der Waals surface area (Å²) in [6.45, 7) is 0. The van der Waals surface area contributed by atoms with Crippen LogP contribution in [0.25, 0.3) is 31.3 Å². The molecule has 0 aliphatic heterocycles. The summed E-state index contributed by atoms with van der Waals surface area (Å²) < 4.78 is 0. The van der Waals surface area contributed by atoms with E-state index in [0.29, 0.717) is 5.69 Å². The topological polar surface area (TPSA) is 210 Å². The van der Waals surface area contributed by atoms with E-state index >= 15 is 0 Å². The summed E-state index contributed by atoms with van der Waals surface area (Å²) in [5.41, 5.74) is 24.8. The summed E-state index contributed by atoms with van der Waals surface area (Å²) in [6, 6.07) is 21.1. The Bertz CT molecular complexity index is 1130. The molecule has 0 heterocycles. The average Bonchev–Trinajstić information content (AvgIpc) is 2.78. The standard InChI is InChI=1S/C6H4N4O2.C6H5N3O.C6H5N3/c7-9-8-5-3-1-2-4-6(5)10(11)12;7-9-8-5-3-1-2-4-6(5)10;7-9-8-6-4-2-1-3-5-6/h1-4H;1-4,10H;1-5H. The minimum absolute atomic E-state index is 0.000278. The molecule has 0 aliphatic rings. The van der Waals surface area contributed by atoms with Crippen LogP contribution in [0, 0.1) is 10.1 Å². The second-order valence-corrected chi connectivity index (χ2v) is 5.14. The van der Waals surface area contributed by atoms with Crippen molar-refractivity contribution in [1.29, 1.82) is 0 Å². The summed E-state index contributed by atoms with van der Waals surface area (Å²) >= 11 is 0. The Morgan fingerprint density at radius 2 is 1.19 bits per heavy atom. The predicted molar refractivity (Wildman–Crippen MR) is 114 cm³/mol. The van der Waals surface area contributed by atoms with E-state index in [9.17, 15) is 10.1 Å². The fourth-order valence-corrected chi connectivity index (χ4v) is 1.89. The van der Waals surface area contributed by atoms with Crippen LogP contribution in [0.4, 0.5) is 22.7 Å². The first-order chi connectivity index (χ1) is 15.0. The highest BCUT2D eigenvalue weighted by atomic mass is 16.6. The van der Waals surface area contributed by atoms with Crippen LogP contribution in [-0.2, 0) is 0 Å². The largest absolute Gasteiger partial charge is 0.507 e. The summed E-state index contributed by atoms with van der Waals surface area (Å²) in [5, 5.41) is 29.1. The van der Waals surface area contributed by atoms with Crippen molar-refractivity contribution in [2.45, 2.75) is 0 Å². The maximum atomic E-state index is 10.3. The van der Waals surface area contributed by atoms with E-state index in [1.54, 1.807) is 30.3 Å². The normalized spacial score (nSPS) is 8.39. The van der Waals surface area contributed by atoms with E-state index in [0.717, 1.165) is 0 Å². The van der Waals surface area contributed by atoms with E-state index < -0.39 is 4.92 Å². The first-order valence-electron chi connectivity index (χ1n) is 8.25. The van der Waals surface area contributed by atoms with Crippen molar-refractivity contribution in [2.24, 2.45) is 15.3 Å². The number of azide groups is 3. The molecule has 0 saturated heterocycles. The third-order valence-electron chi connectivity index (χ3n) is 3.18. The summed E-state index contributed by atoms with van der Waals surface area (Å²) in [5.74, 6) is 0.000278. The number of aromatic hydroxyl groups is 1. The Morgan fingerprint density at radius 1 is 0.710 bits per heavy atom. The minimum Gasteiger partial charge on any atom is -0.507 e. The average molecular weight is 418 g/mol. The smallest absolute Gasteiger partial charge is 0.278 e. The molecule has 31 heavy (non-hydrogen) atoms. The maximum Gasteiger partial charge on any atom is 0.278 e. The molecule has 0 spiro atoms. The van der Waals surface area contributed by atoms with Gasteiger partial charge < -0.3 is 5.11 Å². The molecule has 0 unspecified atom stereocenters. The lowest BCUT2D eigenvalue weighted by molar-refractivity contribution is -0.384. The predicted octanol–water partition coefficient (Wildman–Crippen LogP) is 7.50. The van der Waals surface area contributed by atoms with Gasteiger partial charge in [-0.3, -0.25) is 10.1 Å². The molecule has 3 rings (SSSR count). The zero-order valence-corrected chi connectivity index (χ0v) is 15.7. The van der Waals surface area contributed by atoms with E-state index in [4.69, 9.17) is 21.7 Å². The van der Waals surface area contributed by atoms with Crippen molar-refractivity contribution in [2.75, 3.05) is 0 Å². The lowest BCUT2D eigenvalue weighted by atomic mass is 10.3. The minimum atomic E-state index is -0.593. The van der Waals surface area contributed by atoms with Crippen LogP contribution in [0.3, 0.4) is 0 Å². The van der Waals surface area contributed by atoms with Gasteiger partial charge in [0.1, 0.15) is 11.4 Å². The van der Waals surface area contributed by atoms with Gasteiger partial charge in [0.25, 0.3) is 5.69 Å². The zero-order valence-electron chi connectivity index (χ0n) is 15.7. The van der Waals surface area contributed by atoms with Gasteiger partial charge in [-0.05, 0) is 34.8 Å². The molecule has 3 aromatic rings. The molecule has 0 aliphatic carbocycles. The summed E-state index contributed by atoms with van der Waals surface area (Å²) in [7, 11) is 0. The van der Waals surface area contributed by atoms with E-state index in [2.05, 4.69) is 30.1 Å². The number of benzene rings is 3. The van der Waals surface area contributed by atoms with Gasteiger partial charge in [0.15, 0.2) is 0 Å². The third-order valence-corrected chi connectivity index (χ3v) is 3.18. The van der Waals surface area contributed by atoms with Gasteiger partial charge >= 0.3 is 0 Å². The number of nitro groups is 1. The fourth-order valence-electron chi connectivity index (χ4n) is 1.89. The lowest BCUT2D eigenvalue weighted by Gasteiger charge is -1.92. The van der Waals surface area contributed by atoms with Crippen molar-refractivity contribution in [3.63, 3.8) is 0 Å². The van der Waals surface area contributed by atoms with Crippen LogP contribution < -0.4 is 0 Å². The van der Waals surface area contributed by atoms with Gasteiger partial charge in [0, 0.05) is 26.5 Å². The Labute approximate surface area is 174 Å². The molecular formula is C18H14N10O3. The van der Waals surface area contributed by atoms with Crippen molar-refractivity contribution in [1.82, 2.24) is 0 Å². The molecule has 154 valence electrons. The second kappa shape index (κ2) is 13.9. The van der Waals surface area contributed by atoms with Crippen molar-refractivity contribution in [3.05, 3.63) is 120 Å². The number of phenols is 1. The monoisotopic (exact) mass is 418 g/mol. The van der Waals surface area contributed by atoms with Crippen molar-refractivity contribution < 1.29 is 10.0 Å². The molecule has 13 nitrogen and oxygen atoms in total. The number of nitrogens with zero attached hydrogens (tertiary/aromatic N) is 10. The first-order valence-corrected chi connectivity index (χ1v) is 8.25. The van der Waals surface area contributed by atoms with E-state index in [1.165, 1.54) is 30.3 Å². The number of phenolic OH excluding ortho intramolecular Hbond substituents is 1. The molecule has 0 atom stereocenters. The molecule has 0 saturated carbocycles. The lowest BCUT2D eigenvalue weighted by Crippen LogP contribution is -1.86. The molecule has 1 N–H and O–H groups in total.